The molecular weight excluding hydrogens is 354 g/mol. The maximum atomic E-state index is 4.30. The minimum atomic E-state index is 0.754. The molecule has 0 aromatic carbocycles. The smallest absolute Gasteiger partial charge is 0.131 e. The van der Waals surface area contributed by atoms with E-state index in [1.165, 1.54) is 4.88 Å². The summed E-state index contributed by atoms with van der Waals surface area (Å²) in [6.07, 6.45) is 0. The molecule has 0 aliphatic heterocycles. The van der Waals surface area contributed by atoms with Gasteiger partial charge in [0.25, 0.3) is 0 Å². The van der Waals surface area contributed by atoms with Crippen molar-refractivity contribution in [1.82, 2.24) is 9.97 Å². The Kier molecular flexibility index (Phi) is 3.94. The molecule has 2 rings (SSSR count). The van der Waals surface area contributed by atoms with E-state index in [1.54, 1.807) is 11.3 Å². The number of anilines is 1. The molecule has 84 valence electrons. The van der Waals surface area contributed by atoms with Crippen LogP contribution in [0.1, 0.15) is 10.7 Å². The molecule has 0 unspecified atom stereocenters. The standard InChI is InChI=1S/C10H9Br2N3S/c1-6-14-8(11)4-10(15-6)13-5-7-2-3-9(12)16-7/h2-4H,5H2,1H3,(H,13,14,15). The summed E-state index contributed by atoms with van der Waals surface area (Å²) in [6.45, 7) is 2.65. The van der Waals surface area contributed by atoms with Crippen molar-refractivity contribution in [1.29, 1.82) is 0 Å². The van der Waals surface area contributed by atoms with Crippen LogP contribution in [-0.2, 0) is 6.54 Å². The molecular formula is C10H9Br2N3S. The third-order valence-electron chi connectivity index (χ3n) is 1.88. The van der Waals surface area contributed by atoms with E-state index < -0.39 is 0 Å². The fraction of sp³-hybridized carbons (Fsp3) is 0.200. The molecule has 16 heavy (non-hydrogen) atoms. The van der Waals surface area contributed by atoms with Crippen molar-refractivity contribution < 1.29 is 0 Å². The number of hydrogen-bond acceptors (Lipinski definition) is 4. The van der Waals surface area contributed by atoms with Crippen LogP contribution in [0.3, 0.4) is 0 Å². The zero-order valence-electron chi connectivity index (χ0n) is 8.50. The van der Waals surface area contributed by atoms with Crippen molar-refractivity contribution in [2.24, 2.45) is 0 Å². The van der Waals surface area contributed by atoms with Gasteiger partial charge in [0.1, 0.15) is 16.2 Å². The van der Waals surface area contributed by atoms with E-state index in [4.69, 9.17) is 0 Å². The second kappa shape index (κ2) is 5.25. The zero-order chi connectivity index (χ0) is 11.5. The summed E-state index contributed by atoms with van der Waals surface area (Å²) < 4.78 is 1.94. The van der Waals surface area contributed by atoms with Gasteiger partial charge < -0.3 is 5.32 Å². The predicted octanol–water partition coefficient (Wildman–Crippen LogP) is 3.98. The van der Waals surface area contributed by atoms with Crippen LogP contribution in [-0.4, -0.2) is 9.97 Å². The van der Waals surface area contributed by atoms with Crippen LogP contribution in [0.5, 0.6) is 0 Å². The molecule has 2 heterocycles. The fourth-order valence-electron chi connectivity index (χ4n) is 1.25. The summed E-state index contributed by atoms with van der Waals surface area (Å²) in [5.74, 6) is 1.59. The molecule has 2 aromatic rings. The van der Waals surface area contributed by atoms with Gasteiger partial charge in [0.15, 0.2) is 0 Å². The largest absolute Gasteiger partial charge is 0.365 e. The van der Waals surface area contributed by atoms with Gasteiger partial charge in [-0.15, -0.1) is 11.3 Å². The second-order valence-electron chi connectivity index (χ2n) is 3.18. The lowest BCUT2D eigenvalue weighted by Gasteiger charge is -2.04. The molecule has 6 heteroatoms. The van der Waals surface area contributed by atoms with Crippen LogP contribution in [0, 0.1) is 6.92 Å². The van der Waals surface area contributed by atoms with Gasteiger partial charge in [-0.05, 0) is 50.9 Å². The Balaban J connectivity index is 2.04. The summed E-state index contributed by atoms with van der Waals surface area (Å²) in [5, 5.41) is 3.26. The minimum absolute atomic E-state index is 0.754. The molecule has 0 saturated carbocycles. The average molecular weight is 363 g/mol. The summed E-state index contributed by atoms with van der Waals surface area (Å²) in [4.78, 5) is 9.71. The van der Waals surface area contributed by atoms with Gasteiger partial charge in [0.2, 0.25) is 0 Å². The average Bonchev–Trinajstić information content (AvgIpc) is 2.60. The Morgan fingerprint density at radius 1 is 1.31 bits per heavy atom. The minimum Gasteiger partial charge on any atom is -0.365 e. The first-order valence-corrected chi connectivity index (χ1v) is 7.03. The van der Waals surface area contributed by atoms with Crippen LogP contribution in [0.15, 0.2) is 26.6 Å². The quantitative estimate of drug-likeness (QED) is 0.839. The van der Waals surface area contributed by atoms with E-state index in [0.717, 1.165) is 26.6 Å². The maximum Gasteiger partial charge on any atom is 0.131 e. The number of halogens is 2. The number of nitrogens with zero attached hydrogens (tertiary/aromatic N) is 2. The van der Waals surface area contributed by atoms with Crippen LogP contribution in [0.25, 0.3) is 0 Å². The molecule has 0 spiro atoms. The Morgan fingerprint density at radius 3 is 2.75 bits per heavy atom. The van der Waals surface area contributed by atoms with E-state index in [9.17, 15) is 0 Å². The summed E-state index contributed by atoms with van der Waals surface area (Å²) in [7, 11) is 0. The first kappa shape index (κ1) is 12.0. The highest BCUT2D eigenvalue weighted by Crippen LogP contribution is 2.23. The molecule has 0 aliphatic carbocycles. The van der Waals surface area contributed by atoms with Crippen LogP contribution in [0.4, 0.5) is 5.82 Å². The fourth-order valence-corrected chi connectivity index (χ4v) is 3.14. The Hall–Kier alpha value is -0.460. The zero-order valence-corrected chi connectivity index (χ0v) is 12.5. The molecule has 0 fully saturated rings. The van der Waals surface area contributed by atoms with Crippen molar-refractivity contribution >= 4 is 49.0 Å². The summed E-state index contributed by atoms with van der Waals surface area (Å²) >= 11 is 8.50. The van der Waals surface area contributed by atoms with Crippen LogP contribution < -0.4 is 5.32 Å². The molecule has 3 nitrogen and oxygen atoms in total. The van der Waals surface area contributed by atoms with Gasteiger partial charge in [0.05, 0.1) is 10.3 Å². The van der Waals surface area contributed by atoms with Gasteiger partial charge in [-0.2, -0.15) is 0 Å². The van der Waals surface area contributed by atoms with Crippen molar-refractivity contribution in [2.75, 3.05) is 5.32 Å². The van der Waals surface area contributed by atoms with E-state index in [0.29, 0.717) is 0 Å². The van der Waals surface area contributed by atoms with E-state index in [1.807, 2.05) is 19.1 Å². The van der Waals surface area contributed by atoms with Crippen LogP contribution in [0.2, 0.25) is 0 Å². The number of aromatic nitrogens is 2. The Morgan fingerprint density at radius 2 is 2.12 bits per heavy atom. The molecule has 0 amide bonds. The lowest BCUT2D eigenvalue weighted by Crippen LogP contribution is -2.01. The maximum absolute atomic E-state index is 4.30. The topological polar surface area (TPSA) is 37.8 Å². The highest BCUT2D eigenvalue weighted by molar-refractivity contribution is 9.11. The molecule has 1 N–H and O–H groups in total. The number of nitrogens with one attached hydrogen (secondary N) is 1. The third kappa shape index (κ3) is 3.26. The van der Waals surface area contributed by atoms with Gasteiger partial charge in [-0.25, -0.2) is 9.97 Å². The molecule has 0 atom stereocenters. The van der Waals surface area contributed by atoms with Gasteiger partial charge in [-0.1, -0.05) is 0 Å². The lowest BCUT2D eigenvalue weighted by atomic mass is 10.4. The number of hydrogen-bond donors (Lipinski definition) is 1. The van der Waals surface area contributed by atoms with E-state index >= 15 is 0 Å². The van der Waals surface area contributed by atoms with Crippen LogP contribution >= 0.6 is 43.2 Å². The molecule has 0 saturated heterocycles. The Bertz CT molecular complexity index is 478. The summed E-state index contributed by atoms with van der Waals surface area (Å²) in [6, 6.07) is 6.00. The molecule has 0 aliphatic rings. The highest BCUT2D eigenvalue weighted by atomic mass is 79.9. The molecule has 0 bridgehead atoms. The summed E-state index contributed by atoms with van der Waals surface area (Å²) in [5.41, 5.74) is 0. The normalized spacial score (nSPS) is 10.4. The number of thiophene rings is 1. The SMILES string of the molecule is Cc1nc(Br)cc(NCc2ccc(Br)s2)n1. The molecule has 0 radical (unpaired) electrons. The first-order valence-electron chi connectivity index (χ1n) is 4.63. The Labute approximate surface area is 115 Å². The van der Waals surface area contributed by atoms with E-state index in [2.05, 4.69) is 53.2 Å². The number of aryl methyl sites for hydroxylation is 1. The van der Waals surface area contributed by atoms with Crippen molar-refractivity contribution in [3.8, 4) is 0 Å². The lowest BCUT2D eigenvalue weighted by molar-refractivity contribution is 1.01. The molecule has 2 aromatic heterocycles. The highest BCUT2D eigenvalue weighted by Gasteiger charge is 2.01. The first-order chi connectivity index (χ1) is 7.63. The monoisotopic (exact) mass is 361 g/mol. The van der Waals surface area contributed by atoms with Crippen molar-refractivity contribution in [2.45, 2.75) is 13.5 Å². The van der Waals surface area contributed by atoms with Gasteiger partial charge in [-0.3, -0.25) is 0 Å². The van der Waals surface area contributed by atoms with Crippen molar-refractivity contribution in [3.05, 3.63) is 37.3 Å². The van der Waals surface area contributed by atoms with Crippen molar-refractivity contribution in [3.63, 3.8) is 0 Å². The van der Waals surface area contributed by atoms with E-state index in [-0.39, 0.29) is 0 Å². The van der Waals surface area contributed by atoms with Gasteiger partial charge >= 0.3 is 0 Å². The predicted molar refractivity (Wildman–Crippen MR) is 73.8 cm³/mol. The number of rotatable bonds is 3. The van der Waals surface area contributed by atoms with Gasteiger partial charge in [0, 0.05) is 10.9 Å². The second-order valence-corrected chi connectivity index (χ2v) is 6.54. The third-order valence-corrected chi connectivity index (χ3v) is 3.91.